The third kappa shape index (κ3) is 5.65. The number of fused-ring (bicyclic) bond motifs is 3. The lowest BCUT2D eigenvalue weighted by Crippen LogP contribution is -3.07. The minimum absolute atomic E-state index is 0.0486. The lowest BCUT2D eigenvalue weighted by atomic mass is 9.57. The number of nitrogens with one attached hydrogen (secondary N) is 1. The van der Waals surface area contributed by atoms with E-state index in [1.807, 2.05) is 12.1 Å². The summed E-state index contributed by atoms with van der Waals surface area (Å²) in [6.45, 7) is 3.27. The molecule has 2 aliphatic carbocycles. The third-order valence-electron chi connectivity index (χ3n) is 11.0. The molecule has 2 aromatic rings. The number of rotatable bonds is 13. The molecule has 0 spiro atoms. The minimum Gasteiger partial charge on any atom is -0.504 e. The number of carbonyl (C=O) groups is 1. The van der Waals surface area contributed by atoms with Crippen LogP contribution in [0.3, 0.4) is 0 Å². The molecule has 0 aromatic heterocycles. The Hall–Kier alpha value is -3.59. The fourth-order valence-electron chi connectivity index (χ4n) is 8.80. The highest BCUT2D eigenvalue weighted by atomic mass is 16.5. The second kappa shape index (κ2) is 12.9. The number of aliphatic hydroxyl groups excluding tert-OH is 1. The molecular weight excluding hydrogens is 576 g/mol. The van der Waals surface area contributed by atoms with E-state index < -0.39 is 6.10 Å². The molecule has 1 saturated carbocycles. The predicted octanol–water partition coefficient (Wildman–Crippen LogP) is 4.95. The maximum absolute atomic E-state index is 12.5. The zero-order valence-electron chi connectivity index (χ0n) is 26.9. The van der Waals surface area contributed by atoms with E-state index in [4.69, 9.17) is 15.5 Å². The maximum Gasteiger partial charge on any atom is 0.227 e. The number of aliphatic imine (C=N–C) groups is 2. The van der Waals surface area contributed by atoms with Gasteiger partial charge >= 0.3 is 0 Å². The number of hydrogen-bond donors (Lipinski definition) is 4. The van der Waals surface area contributed by atoms with Crippen LogP contribution in [0.15, 0.2) is 69.4 Å². The minimum atomic E-state index is -0.560. The summed E-state index contributed by atoms with van der Waals surface area (Å²) < 4.78 is 6.18. The van der Waals surface area contributed by atoms with Gasteiger partial charge in [0.25, 0.3) is 0 Å². The van der Waals surface area contributed by atoms with Gasteiger partial charge in [-0.1, -0.05) is 56.9 Å². The van der Waals surface area contributed by atoms with Gasteiger partial charge in [0.15, 0.2) is 11.5 Å². The topological polar surface area (TPSA) is 122 Å². The fraction of sp³-hybridized carbons (Fsp3) is 0.500. The Balaban J connectivity index is 1.03. The van der Waals surface area contributed by atoms with E-state index in [2.05, 4.69) is 48.7 Å². The quantitative estimate of drug-likeness (QED) is 0.235. The largest absolute Gasteiger partial charge is 0.504 e. The lowest BCUT2D eigenvalue weighted by Gasteiger charge is -2.46. The molecule has 7 rings (SSSR count). The number of quaternary nitrogens is 1. The second-order valence-corrected chi connectivity index (χ2v) is 14.0. The van der Waals surface area contributed by atoms with Crippen LogP contribution in [-0.4, -0.2) is 47.8 Å². The molecule has 8 nitrogen and oxygen atoms in total. The first kappa shape index (κ1) is 31.0. The number of ether oxygens (including phenoxy) is 1. The normalized spacial score (nSPS) is 27.8. The lowest BCUT2D eigenvalue weighted by molar-refractivity contribution is -0.855. The number of nitrogens with zero attached hydrogens (tertiary/aromatic N) is 2. The van der Waals surface area contributed by atoms with Gasteiger partial charge in [0, 0.05) is 42.2 Å². The van der Waals surface area contributed by atoms with Crippen LogP contribution in [0.2, 0.25) is 0 Å². The number of nitrogens with two attached hydrogens (primary N) is 1. The zero-order chi connectivity index (χ0) is 31.8. The van der Waals surface area contributed by atoms with Crippen LogP contribution in [0.25, 0.3) is 0 Å². The highest BCUT2D eigenvalue weighted by molar-refractivity contribution is 5.91. The number of aryl methyl sites for hydroxylation is 1. The molecule has 2 aromatic carbocycles. The smallest absolute Gasteiger partial charge is 0.227 e. The molecule has 6 unspecified atom stereocenters. The van der Waals surface area contributed by atoms with E-state index in [1.165, 1.54) is 40.7 Å². The van der Waals surface area contributed by atoms with Gasteiger partial charge in [0.2, 0.25) is 6.73 Å². The first-order valence-electron chi connectivity index (χ1n) is 17.3. The van der Waals surface area contributed by atoms with E-state index in [0.717, 1.165) is 54.8 Å². The molecule has 5 N–H and O–H groups in total. The molecule has 6 atom stereocenters. The van der Waals surface area contributed by atoms with Crippen molar-refractivity contribution in [2.75, 3.05) is 13.3 Å². The Bertz CT molecular complexity index is 1630. The molecule has 8 heteroatoms. The maximum atomic E-state index is 12.5. The van der Waals surface area contributed by atoms with E-state index in [0.29, 0.717) is 43.6 Å². The average Bonchev–Trinajstić information content (AvgIpc) is 3.77. The van der Waals surface area contributed by atoms with Crippen molar-refractivity contribution in [3.63, 3.8) is 0 Å². The predicted molar refractivity (Wildman–Crippen MR) is 179 cm³/mol. The monoisotopic (exact) mass is 623 g/mol. The summed E-state index contributed by atoms with van der Waals surface area (Å²) in [7, 11) is 0. The van der Waals surface area contributed by atoms with Crippen LogP contribution < -0.4 is 15.4 Å². The van der Waals surface area contributed by atoms with Crippen LogP contribution >= 0.6 is 0 Å². The molecule has 3 aliphatic heterocycles. The summed E-state index contributed by atoms with van der Waals surface area (Å²) in [5, 5.41) is 20.7. The zero-order valence-corrected chi connectivity index (χ0v) is 26.9. The van der Waals surface area contributed by atoms with Crippen molar-refractivity contribution in [1.82, 2.24) is 0 Å². The number of aliphatic hydroxyl groups is 1. The van der Waals surface area contributed by atoms with Gasteiger partial charge in [-0.2, -0.15) is 0 Å². The Kier molecular flexibility index (Phi) is 8.70. The number of unbranched alkanes of at least 4 members (excludes halogenated alkanes) is 2. The van der Waals surface area contributed by atoms with E-state index in [-0.39, 0.29) is 29.5 Å². The van der Waals surface area contributed by atoms with Crippen molar-refractivity contribution in [2.24, 2.45) is 21.6 Å². The molecule has 0 radical (unpaired) electrons. The molecule has 0 saturated heterocycles. The van der Waals surface area contributed by atoms with Gasteiger partial charge in [-0.3, -0.25) is 19.7 Å². The first-order chi connectivity index (χ1) is 22.4. The van der Waals surface area contributed by atoms with Crippen LogP contribution in [0, 0.1) is 5.92 Å². The third-order valence-corrected chi connectivity index (χ3v) is 11.0. The van der Waals surface area contributed by atoms with Gasteiger partial charge in [0.1, 0.15) is 30.4 Å². The number of hydrogen-bond acceptors (Lipinski definition) is 7. The molecular formula is C38H47N4O4+. The summed E-state index contributed by atoms with van der Waals surface area (Å²) >= 11 is 0. The summed E-state index contributed by atoms with van der Waals surface area (Å²) in [4.78, 5) is 23.2. The number of benzene rings is 2. The Morgan fingerprint density at radius 1 is 1.24 bits per heavy atom. The van der Waals surface area contributed by atoms with Crippen molar-refractivity contribution >= 4 is 18.2 Å². The summed E-state index contributed by atoms with van der Waals surface area (Å²) in [6, 6.07) is 12.0. The van der Waals surface area contributed by atoms with Gasteiger partial charge in [-0.05, 0) is 78.0 Å². The van der Waals surface area contributed by atoms with Crippen molar-refractivity contribution in [2.45, 2.75) is 101 Å². The fourth-order valence-corrected chi connectivity index (χ4v) is 8.80. The number of carbonyl (C=O) groups excluding carboxylic acids is 1. The summed E-state index contributed by atoms with van der Waals surface area (Å²) in [5.74, 6) is 1.46. The highest BCUT2D eigenvalue weighted by Crippen LogP contribution is 2.60. The molecule has 46 heavy (non-hydrogen) atoms. The van der Waals surface area contributed by atoms with E-state index in [1.54, 1.807) is 6.07 Å². The van der Waals surface area contributed by atoms with E-state index in [9.17, 15) is 15.0 Å². The molecule has 242 valence electrons. The number of ketones is 1. The molecule has 1 fully saturated rings. The van der Waals surface area contributed by atoms with Gasteiger partial charge < -0.3 is 20.7 Å². The Morgan fingerprint density at radius 2 is 2.13 bits per heavy atom. The molecule has 0 bridgehead atoms. The number of Topliss-reactive ketones (excluding diaryl/α,β-unsaturated/α-hetero) is 1. The van der Waals surface area contributed by atoms with Crippen LogP contribution in [0.1, 0.15) is 105 Å². The number of phenolic OH excluding ortho intramolecular Hbond substituents is 1. The molecule has 3 heterocycles. The molecule has 5 aliphatic rings. The first-order valence-corrected chi connectivity index (χ1v) is 17.3. The molecule has 0 amide bonds. The number of aromatic hydroxyl groups is 1. The van der Waals surface area contributed by atoms with Crippen molar-refractivity contribution in [3.8, 4) is 11.5 Å². The van der Waals surface area contributed by atoms with Gasteiger partial charge in [-0.15, -0.1) is 0 Å². The SMILES string of the molecule is CCCCCC(O)CC(=O)CCc1ccc(O)c(OC[NH+]2C=C3N=CC(C45CCCC4CC4C=NC(N)c6cccc5c64)=C3C2)c1. The van der Waals surface area contributed by atoms with Gasteiger partial charge in [-0.25, -0.2) is 0 Å². The number of phenols is 1. The van der Waals surface area contributed by atoms with E-state index >= 15 is 0 Å². The summed E-state index contributed by atoms with van der Waals surface area (Å²) in [5.41, 5.74) is 15.0. The standard InChI is InChI=1S/C38H46N4O4/c1-2-3-4-8-27(43)18-28(44)13-11-24-12-14-34(45)35(16-24)46-23-42-21-30-32(20-40-33(30)22-42)38-15-6-7-26(38)17-25-19-41-37(39)29-9-5-10-31(38)36(25)29/h5,9-10,12,14,16,19-20,22,25-27,37,43,45H,2-4,6-8,11,13,15,17-18,21,23,39H2,1H3/p+1. The van der Waals surface area contributed by atoms with Gasteiger partial charge in [0.05, 0.1) is 6.10 Å². The summed E-state index contributed by atoms with van der Waals surface area (Å²) in [6.07, 6.45) is 15.1. The van der Waals surface area contributed by atoms with Crippen molar-refractivity contribution in [1.29, 1.82) is 0 Å². The highest BCUT2D eigenvalue weighted by Gasteiger charge is 2.54. The van der Waals surface area contributed by atoms with Crippen LogP contribution in [0.4, 0.5) is 0 Å². The average molecular weight is 624 g/mol. The van der Waals surface area contributed by atoms with Crippen molar-refractivity contribution < 1.29 is 24.6 Å². The van der Waals surface area contributed by atoms with Crippen molar-refractivity contribution in [3.05, 3.63) is 81.7 Å². The Labute approximate surface area is 271 Å². The van der Waals surface area contributed by atoms with Crippen LogP contribution in [-0.2, 0) is 16.6 Å². The van der Waals surface area contributed by atoms with Crippen LogP contribution in [0.5, 0.6) is 11.5 Å². The number of allylic oxidation sites excluding steroid dienone is 1. The Morgan fingerprint density at radius 3 is 3.00 bits per heavy atom. The second-order valence-electron chi connectivity index (χ2n) is 14.0.